The molecule has 1 atom stereocenters. The van der Waals surface area contributed by atoms with Crippen LogP contribution in [0.4, 0.5) is 24.8 Å². The fourth-order valence-electron chi connectivity index (χ4n) is 3.90. The summed E-state index contributed by atoms with van der Waals surface area (Å²) < 4.78 is 46.6. The molecule has 1 aliphatic rings. The topological polar surface area (TPSA) is 76.3 Å². The predicted molar refractivity (Wildman–Crippen MR) is 105 cm³/mol. The van der Waals surface area contributed by atoms with E-state index in [0.717, 1.165) is 0 Å². The number of aromatic nitrogens is 4. The molecule has 0 fully saturated rings. The number of hydrogen-bond acceptors (Lipinski definition) is 6. The fourth-order valence-corrected chi connectivity index (χ4v) is 4.09. The summed E-state index contributed by atoms with van der Waals surface area (Å²) in [5.74, 6) is 0.431. The molecule has 0 spiro atoms. The van der Waals surface area contributed by atoms with E-state index in [9.17, 15) is 18.3 Å². The number of fused-ring (bicyclic) bond motifs is 3. The van der Waals surface area contributed by atoms with Gasteiger partial charge in [-0.3, -0.25) is 0 Å². The molecule has 1 aromatic carbocycles. The van der Waals surface area contributed by atoms with Gasteiger partial charge < -0.3 is 19.3 Å². The maximum atomic E-state index is 13.3. The molecule has 30 heavy (non-hydrogen) atoms. The molecule has 160 valence electrons. The number of nitrogens with zero attached hydrogens (tertiary/aromatic N) is 5. The zero-order valence-electron chi connectivity index (χ0n) is 16.5. The molecule has 1 unspecified atom stereocenters. The van der Waals surface area contributed by atoms with E-state index in [2.05, 4.69) is 15.0 Å². The summed E-state index contributed by atoms with van der Waals surface area (Å²) in [7, 11) is 1.48. The van der Waals surface area contributed by atoms with Gasteiger partial charge in [-0.1, -0.05) is 17.7 Å². The van der Waals surface area contributed by atoms with Gasteiger partial charge in [-0.05, 0) is 26.3 Å². The first kappa shape index (κ1) is 20.7. The fraction of sp³-hybridized carbons (Fsp3) is 0.421. The van der Waals surface area contributed by atoms with Crippen molar-refractivity contribution in [2.24, 2.45) is 0 Å². The maximum absolute atomic E-state index is 13.3. The van der Waals surface area contributed by atoms with Crippen LogP contribution in [-0.2, 0) is 6.54 Å². The standard InChI is InChI=1S/C19H19ClF3N5O2/c1-9-14(10(2)25-17(24-9)30-3)27-7-4-8-28-15-11(16(29)19(21,22)23)5-6-12(20)13(15)26-18(27)28/h5-6,16,29H,4,7-8H2,1-3H3. The van der Waals surface area contributed by atoms with Gasteiger partial charge in [0.25, 0.3) is 0 Å². The molecule has 11 heteroatoms. The van der Waals surface area contributed by atoms with Crippen molar-refractivity contribution < 1.29 is 23.0 Å². The Labute approximate surface area is 175 Å². The second kappa shape index (κ2) is 7.28. The molecule has 1 aliphatic heterocycles. The monoisotopic (exact) mass is 441 g/mol. The van der Waals surface area contributed by atoms with E-state index in [-0.39, 0.29) is 27.6 Å². The van der Waals surface area contributed by atoms with Crippen LogP contribution >= 0.6 is 11.6 Å². The molecule has 0 saturated carbocycles. The van der Waals surface area contributed by atoms with Gasteiger partial charge in [0.15, 0.2) is 6.10 Å². The zero-order chi connectivity index (χ0) is 21.8. The maximum Gasteiger partial charge on any atom is 0.418 e. The Balaban J connectivity index is 1.95. The molecular formula is C19H19ClF3N5O2. The number of hydrogen-bond donors (Lipinski definition) is 1. The van der Waals surface area contributed by atoms with Crippen molar-refractivity contribution in [3.63, 3.8) is 0 Å². The molecule has 0 saturated heterocycles. The first-order valence-electron chi connectivity index (χ1n) is 9.23. The molecule has 7 nitrogen and oxygen atoms in total. The van der Waals surface area contributed by atoms with Gasteiger partial charge in [0.1, 0.15) is 5.52 Å². The third-order valence-electron chi connectivity index (χ3n) is 5.13. The molecule has 4 rings (SSSR count). The van der Waals surface area contributed by atoms with E-state index in [1.807, 2.05) is 4.90 Å². The smallest absolute Gasteiger partial charge is 0.418 e. The summed E-state index contributed by atoms with van der Waals surface area (Å²) in [5.41, 5.74) is 2.13. The van der Waals surface area contributed by atoms with E-state index in [4.69, 9.17) is 16.3 Å². The summed E-state index contributed by atoms with van der Waals surface area (Å²) in [5, 5.41) is 10.2. The second-order valence-corrected chi connectivity index (χ2v) is 7.48. The number of ether oxygens (including phenoxy) is 1. The van der Waals surface area contributed by atoms with Crippen LogP contribution in [0.15, 0.2) is 12.1 Å². The largest absolute Gasteiger partial charge is 0.467 e. The molecule has 1 N–H and O–H groups in total. The molecule has 2 aromatic heterocycles. The molecule has 3 heterocycles. The number of anilines is 2. The van der Waals surface area contributed by atoms with Crippen LogP contribution in [0.25, 0.3) is 11.0 Å². The first-order valence-corrected chi connectivity index (χ1v) is 9.61. The van der Waals surface area contributed by atoms with Crippen LogP contribution in [0.3, 0.4) is 0 Å². The van der Waals surface area contributed by atoms with Gasteiger partial charge in [0.2, 0.25) is 5.95 Å². The van der Waals surface area contributed by atoms with E-state index in [0.29, 0.717) is 42.5 Å². The minimum atomic E-state index is -4.81. The Morgan fingerprint density at radius 2 is 1.80 bits per heavy atom. The minimum Gasteiger partial charge on any atom is -0.467 e. The number of alkyl halides is 3. The number of benzene rings is 1. The Kier molecular flexibility index (Phi) is 5.01. The molecule has 0 aliphatic carbocycles. The van der Waals surface area contributed by atoms with E-state index in [1.54, 1.807) is 18.4 Å². The number of aryl methyl sites for hydroxylation is 3. The van der Waals surface area contributed by atoms with Gasteiger partial charge in [0, 0.05) is 18.7 Å². The summed E-state index contributed by atoms with van der Waals surface area (Å²) >= 11 is 6.27. The number of methoxy groups -OCH3 is 1. The number of rotatable bonds is 3. The van der Waals surface area contributed by atoms with E-state index in [1.165, 1.54) is 19.2 Å². The van der Waals surface area contributed by atoms with Crippen LogP contribution < -0.4 is 9.64 Å². The lowest BCUT2D eigenvalue weighted by Gasteiger charge is -2.31. The van der Waals surface area contributed by atoms with Crippen LogP contribution in [0, 0.1) is 13.8 Å². The van der Waals surface area contributed by atoms with Crippen molar-refractivity contribution in [3.05, 3.63) is 34.1 Å². The summed E-state index contributed by atoms with van der Waals surface area (Å²) in [6.45, 7) is 4.63. The Hall–Kier alpha value is -2.59. The predicted octanol–water partition coefficient (Wildman–Crippen LogP) is 4.24. The van der Waals surface area contributed by atoms with Gasteiger partial charge in [-0.15, -0.1) is 0 Å². The lowest BCUT2D eigenvalue weighted by molar-refractivity contribution is -0.206. The van der Waals surface area contributed by atoms with Gasteiger partial charge in [-0.25, -0.2) is 4.98 Å². The quantitative estimate of drug-likeness (QED) is 0.655. The van der Waals surface area contributed by atoms with Crippen LogP contribution in [0.1, 0.15) is 29.5 Å². The molecule has 0 radical (unpaired) electrons. The average Bonchev–Trinajstić information content (AvgIpc) is 3.08. The Morgan fingerprint density at radius 1 is 1.13 bits per heavy atom. The second-order valence-electron chi connectivity index (χ2n) is 7.08. The normalized spacial score (nSPS) is 15.4. The van der Waals surface area contributed by atoms with Crippen molar-refractivity contribution in [1.82, 2.24) is 19.5 Å². The summed E-state index contributed by atoms with van der Waals surface area (Å²) in [6, 6.07) is 2.76. The van der Waals surface area contributed by atoms with Gasteiger partial charge in [-0.2, -0.15) is 23.1 Å². The van der Waals surface area contributed by atoms with Crippen molar-refractivity contribution >= 4 is 34.3 Å². The van der Waals surface area contributed by atoms with Crippen molar-refractivity contribution in [1.29, 1.82) is 0 Å². The SMILES string of the molecule is COc1nc(C)c(N2CCCn3c2nc2c(Cl)ccc(C(O)C(F)(F)F)c23)c(C)n1. The molecule has 0 amide bonds. The third kappa shape index (κ3) is 3.24. The summed E-state index contributed by atoms with van der Waals surface area (Å²) in [6.07, 6.45) is -6.80. The van der Waals surface area contributed by atoms with Gasteiger partial charge >= 0.3 is 12.2 Å². The lowest BCUT2D eigenvalue weighted by atomic mass is 10.1. The highest BCUT2D eigenvalue weighted by atomic mass is 35.5. The average molecular weight is 442 g/mol. The molecule has 3 aromatic rings. The van der Waals surface area contributed by atoms with Crippen LogP contribution in [0.5, 0.6) is 6.01 Å². The van der Waals surface area contributed by atoms with Gasteiger partial charge in [0.05, 0.1) is 34.7 Å². The van der Waals surface area contributed by atoms with Crippen LogP contribution in [0.2, 0.25) is 5.02 Å². The number of halogens is 4. The minimum absolute atomic E-state index is 0.178. The van der Waals surface area contributed by atoms with Crippen molar-refractivity contribution in [2.75, 3.05) is 18.6 Å². The lowest BCUT2D eigenvalue weighted by Crippen LogP contribution is -2.30. The highest BCUT2D eigenvalue weighted by molar-refractivity contribution is 6.35. The summed E-state index contributed by atoms with van der Waals surface area (Å²) in [4.78, 5) is 15.1. The highest BCUT2D eigenvalue weighted by Gasteiger charge is 2.41. The Morgan fingerprint density at radius 3 is 2.40 bits per heavy atom. The first-order chi connectivity index (χ1) is 14.1. The molecule has 0 bridgehead atoms. The van der Waals surface area contributed by atoms with Crippen LogP contribution in [-0.4, -0.2) is 44.5 Å². The van der Waals surface area contributed by atoms with Crippen molar-refractivity contribution in [2.45, 2.75) is 39.1 Å². The van der Waals surface area contributed by atoms with E-state index < -0.39 is 12.3 Å². The highest BCUT2D eigenvalue weighted by Crippen LogP contribution is 2.42. The number of aliphatic hydroxyl groups is 1. The number of aliphatic hydroxyl groups excluding tert-OH is 1. The number of imidazole rings is 1. The van der Waals surface area contributed by atoms with E-state index >= 15 is 0 Å². The van der Waals surface area contributed by atoms with Crippen molar-refractivity contribution in [3.8, 4) is 6.01 Å². The zero-order valence-corrected chi connectivity index (χ0v) is 17.2. The molecular weight excluding hydrogens is 423 g/mol. The third-order valence-corrected chi connectivity index (χ3v) is 5.44. The Bertz CT molecular complexity index is 1110.